The van der Waals surface area contributed by atoms with E-state index in [9.17, 15) is 0 Å². The fourth-order valence-electron chi connectivity index (χ4n) is 2.59. The highest BCUT2D eigenvalue weighted by molar-refractivity contribution is 5.13. The Hall–Kier alpha value is -0.700. The molecule has 2 aliphatic carbocycles. The molecule has 2 atom stereocenters. The highest BCUT2D eigenvalue weighted by Crippen LogP contribution is 2.47. The van der Waals surface area contributed by atoms with E-state index in [0.29, 0.717) is 6.04 Å². The predicted octanol–water partition coefficient (Wildman–Crippen LogP) is 1.95. The maximum atomic E-state index is 6.13. The van der Waals surface area contributed by atoms with Crippen molar-refractivity contribution in [2.75, 3.05) is 0 Å². The first-order valence-electron chi connectivity index (χ1n) is 6.11. The van der Waals surface area contributed by atoms with Gasteiger partial charge in [-0.15, -0.1) is 0 Å². The standard InChI is InChI=1S/C12H23N3/c1-8(2)15(14)12-6-4-10-7-9(10)3-5-11(12)13/h8-10H,3-7,13-14H2,1-2H3/b12-11-. The van der Waals surface area contributed by atoms with E-state index in [1.165, 1.54) is 25.0 Å². The monoisotopic (exact) mass is 209 g/mol. The van der Waals surface area contributed by atoms with Crippen LogP contribution >= 0.6 is 0 Å². The summed E-state index contributed by atoms with van der Waals surface area (Å²) in [5.41, 5.74) is 8.34. The Kier molecular flexibility index (Phi) is 2.91. The molecule has 0 aromatic heterocycles. The van der Waals surface area contributed by atoms with Crippen molar-refractivity contribution in [3.8, 4) is 0 Å². The van der Waals surface area contributed by atoms with Gasteiger partial charge in [0.15, 0.2) is 0 Å². The average Bonchev–Trinajstić information content (AvgIpc) is 2.90. The van der Waals surface area contributed by atoms with Crippen molar-refractivity contribution in [1.29, 1.82) is 0 Å². The fourth-order valence-corrected chi connectivity index (χ4v) is 2.59. The van der Waals surface area contributed by atoms with Crippen LogP contribution in [-0.2, 0) is 0 Å². The summed E-state index contributed by atoms with van der Waals surface area (Å²) in [6, 6.07) is 0.341. The highest BCUT2D eigenvalue weighted by Gasteiger charge is 2.37. The van der Waals surface area contributed by atoms with Crippen molar-refractivity contribution < 1.29 is 0 Å². The van der Waals surface area contributed by atoms with Gasteiger partial charge in [-0.2, -0.15) is 0 Å². The first-order valence-corrected chi connectivity index (χ1v) is 6.11. The maximum Gasteiger partial charge on any atom is 0.0481 e. The van der Waals surface area contributed by atoms with E-state index in [1.54, 1.807) is 0 Å². The van der Waals surface area contributed by atoms with Gasteiger partial charge in [-0.25, -0.2) is 5.84 Å². The van der Waals surface area contributed by atoms with E-state index >= 15 is 0 Å². The topological polar surface area (TPSA) is 55.3 Å². The summed E-state index contributed by atoms with van der Waals surface area (Å²) >= 11 is 0. The predicted molar refractivity (Wildman–Crippen MR) is 62.4 cm³/mol. The smallest absolute Gasteiger partial charge is 0.0481 e. The minimum atomic E-state index is 0.341. The van der Waals surface area contributed by atoms with Crippen LogP contribution in [0.5, 0.6) is 0 Å². The second kappa shape index (κ2) is 4.05. The number of hydrogen-bond donors (Lipinski definition) is 2. The van der Waals surface area contributed by atoms with Gasteiger partial charge in [0.2, 0.25) is 0 Å². The van der Waals surface area contributed by atoms with Crippen molar-refractivity contribution in [3.63, 3.8) is 0 Å². The van der Waals surface area contributed by atoms with Gasteiger partial charge in [0.1, 0.15) is 0 Å². The zero-order valence-corrected chi connectivity index (χ0v) is 9.87. The Morgan fingerprint density at radius 3 is 2.40 bits per heavy atom. The Morgan fingerprint density at radius 1 is 1.20 bits per heavy atom. The molecule has 3 heteroatoms. The van der Waals surface area contributed by atoms with E-state index in [2.05, 4.69) is 13.8 Å². The molecule has 0 radical (unpaired) electrons. The third-order valence-corrected chi connectivity index (χ3v) is 3.84. The van der Waals surface area contributed by atoms with Gasteiger partial charge in [0.25, 0.3) is 0 Å². The molecule has 0 saturated heterocycles. The maximum absolute atomic E-state index is 6.13. The summed E-state index contributed by atoms with van der Waals surface area (Å²) in [4.78, 5) is 0. The van der Waals surface area contributed by atoms with Crippen LogP contribution in [0.2, 0.25) is 0 Å². The molecule has 0 aromatic carbocycles. The van der Waals surface area contributed by atoms with E-state index < -0.39 is 0 Å². The number of hydrazine groups is 1. The molecule has 2 unspecified atom stereocenters. The molecule has 3 nitrogen and oxygen atoms in total. The fraction of sp³-hybridized carbons (Fsp3) is 0.833. The molecular weight excluding hydrogens is 186 g/mol. The molecular formula is C12H23N3. The highest BCUT2D eigenvalue weighted by atomic mass is 15.4. The van der Waals surface area contributed by atoms with Crippen molar-refractivity contribution in [2.24, 2.45) is 23.4 Å². The largest absolute Gasteiger partial charge is 0.401 e. The molecule has 2 rings (SSSR count). The van der Waals surface area contributed by atoms with Crippen LogP contribution in [0.3, 0.4) is 0 Å². The molecule has 0 bridgehead atoms. The van der Waals surface area contributed by atoms with Gasteiger partial charge in [0, 0.05) is 17.4 Å². The average molecular weight is 209 g/mol. The van der Waals surface area contributed by atoms with Crippen LogP contribution in [-0.4, -0.2) is 11.1 Å². The van der Waals surface area contributed by atoms with Crippen LogP contribution < -0.4 is 11.6 Å². The summed E-state index contributed by atoms with van der Waals surface area (Å²) in [5, 5.41) is 1.86. The summed E-state index contributed by atoms with van der Waals surface area (Å²) in [6.45, 7) is 4.22. The first-order chi connectivity index (χ1) is 7.09. The molecule has 0 aliphatic heterocycles. The normalized spacial score (nSPS) is 35.7. The molecule has 1 saturated carbocycles. The number of nitrogens with zero attached hydrogens (tertiary/aromatic N) is 1. The van der Waals surface area contributed by atoms with Gasteiger partial charge in [-0.3, -0.25) is 0 Å². The Morgan fingerprint density at radius 2 is 1.80 bits per heavy atom. The van der Waals surface area contributed by atoms with Crippen LogP contribution in [0.4, 0.5) is 0 Å². The number of nitrogens with two attached hydrogens (primary N) is 2. The minimum Gasteiger partial charge on any atom is -0.401 e. The molecule has 0 heterocycles. The van der Waals surface area contributed by atoms with Crippen LogP contribution in [0.15, 0.2) is 11.4 Å². The van der Waals surface area contributed by atoms with Gasteiger partial charge in [-0.05, 0) is 57.8 Å². The van der Waals surface area contributed by atoms with E-state index in [-0.39, 0.29) is 0 Å². The SMILES string of the molecule is CC(C)N(N)/C1=C(\N)CCC2CC2CC1. The lowest BCUT2D eigenvalue weighted by molar-refractivity contribution is 0.272. The lowest BCUT2D eigenvalue weighted by atomic mass is 10.0. The zero-order chi connectivity index (χ0) is 11.0. The zero-order valence-electron chi connectivity index (χ0n) is 9.87. The van der Waals surface area contributed by atoms with E-state index in [1.807, 2.05) is 5.01 Å². The number of rotatable bonds is 2. The third kappa shape index (κ3) is 2.28. The number of hydrogen-bond acceptors (Lipinski definition) is 3. The molecule has 86 valence electrons. The molecule has 0 amide bonds. The Balaban J connectivity index is 2.08. The van der Waals surface area contributed by atoms with Crippen LogP contribution in [0, 0.1) is 11.8 Å². The van der Waals surface area contributed by atoms with Crippen LogP contribution in [0.1, 0.15) is 46.0 Å². The molecule has 0 spiro atoms. The second-order valence-electron chi connectivity index (χ2n) is 5.31. The van der Waals surface area contributed by atoms with Crippen molar-refractivity contribution >= 4 is 0 Å². The summed E-state index contributed by atoms with van der Waals surface area (Å²) in [5.74, 6) is 7.99. The number of fused-ring (bicyclic) bond motifs is 1. The van der Waals surface area contributed by atoms with Gasteiger partial charge >= 0.3 is 0 Å². The van der Waals surface area contributed by atoms with Crippen LogP contribution in [0.25, 0.3) is 0 Å². The first kappa shape index (κ1) is 10.8. The van der Waals surface area contributed by atoms with Gasteiger partial charge in [0.05, 0.1) is 0 Å². The minimum absolute atomic E-state index is 0.341. The molecule has 15 heavy (non-hydrogen) atoms. The van der Waals surface area contributed by atoms with Crippen molar-refractivity contribution in [2.45, 2.75) is 52.0 Å². The molecule has 4 N–H and O–H groups in total. The molecule has 2 aliphatic rings. The molecule has 0 aromatic rings. The third-order valence-electron chi connectivity index (χ3n) is 3.84. The number of allylic oxidation sites excluding steroid dienone is 2. The second-order valence-corrected chi connectivity index (χ2v) is 5.31. The summed E-state index contributed by atoms with van der Waals surface area (Å²) in [6.07, 6.45) is 6.08. The van der Waals surface area contributed by atoms with Gasteiger partial charge in [-0.1, -0.05) is 0 Å². The van der Waals surface area contributed by atoms with E-state index in [4.69, 9.17) is 11.6 Å². The lowest BCUT2D eigenvalue weighted by Crippen LogP contribution is -2.38. The Labute approximate surface area is 92.5 Å². The summed E-state index contributed by atoms with van der Waals surface area (Å²) in [7, 11) is 0. The Bertz CT molecular complexity index is 270. The summed E-state index contributed by atoms with van der Waals surface area (Å²) < 4.78 is 0. The van der Waals surface area contributed by atoms with Crippen molar-refractivity contribution in [1.82, 2.24) is 5.01 Å². The van der Waals surface area contributed by atoms with Gasteiger partial charge < -0.3 is 10.7 Å². The quantitative estimate of drug-likeness (QED) is 0.540. The van der Waals surface area contributed by atoms with Crippen molar-refractivity contribution in [3.05, 3.63) is 11.4 Å². The lowest BCUT2D eigenvalue weighted by Gasteiger charge is -2.28. The van der Waals surface area contributed by atoms with E-state index in [0.717, 1.165) is 30.4 Å². The molecule has 1 fully saturated rings.